The summed E-state index contributed by atoms with van der Waals surface area (Å²) in [7, 11) is 0. The molecule has 1 aromatic heterocycles. The molecule has 28 heavy (non-hydrogen) atoms. The highest BCUT2D eigenvalue weighted by Gasteiger charge is 2.31. The van der Waals surface area contributed by atoms with Crippen LogP contribution in [-0.2, 0) is 13.0 Å². The summed E-state index contributed by atoms with van der Waals surface area (Å²) in [5, 5.41) is 8.18. The maximum atomic E-state index is 13.3. The Bertz CT molecular complexity index is 903. The van der Waals surface area contributed by atoms with Crippen LogP contribution in [0.2, 0.25) is 0 Å². The normalized spacial score (nSPS) is 14.6. The third kappa shape index (κ3) is 4.07. The molecule has 0 spiro atoms. The van der Waals surface area contributed by atoms with Crippen molar-refractivity contribution >= 4 is 17.6 Å². The molecule has 3 amide bonds. The molecule has 0 unspecified atom stereocenters. The molecule has 0 saturated heterocycles. The average molecular weight is 400 g/mol. The minimum atomic E-state index is -2.75. The summed E-state index contributed by atoms with van der Waals surface area (Å²) < 4.78 is 56.6. The number of anilines is 1. The fraction of sp³-hybridized carbons (Fsp3) is 0.353. The molecule has 150 valence electrons. The molecule has 1 atom stereocenters. The van der Waals surface area contributed by atoms with Crippen LogP contribution in [0.5, 0.6) is 0 Å². The molecule has 0 saturated carbocycles. The molecule has 7 nitrogen and oxygen atoms in total. The van der Waals surface area contributed by atoms with E-state index in [0.29, 0.717) is 11.3 Å². The van der Waals surface area contributed by atoms with Gasteiger partial charge in [-0.25, -0.2) is 22.4 Å². The second-order valence-corrected chi connectivity index (χ2v) is 6.26. The Morgan fingerprint density at radius 3 is 2.68 bits per heavy atom. The predicted octanol–water partition coefficient (Wildman–Crippen LogP) is 2.93. The Kier molecular flexibility index (Phi) is 5.52. The molecular formula is C17H16F4N4O3. The standard InChI is InChI=1S/C17H16F4N4O3/c1-8(15(20)21)22-16(26)14-10-7-25(5-4-13(10)28-24-14)17(27)23-9-2-3-11(18)12(19)6-9/h2-3,6,8,15H,4-5,7H2,1H3,(H,22,26)(H,23,27)/t8-/m1/s1. The van der Waals surface area contributed by atoms with Crippen LogP contribution in [0.1, 0.15) is 28.7 Å². The lowest BCUT2D eigenvalue weighted by atomic mass is 10.1. The van der Waals surface area contributed by atoms with Gasteiger partial charge in [0.2, 0.25) is 0 Å². The van der Waals surface area contributed by atoms with E-state index in [1.165, 1.54) is 11.0 Å². The summed E-state index contributed by atoms with van der Waals surface area (Å²) in [5.41, 5.74) is 0.196. The molecule has 2 aromatic rings. The lowest BCUT2D eigenvalue weighted by Crippen LogP contribution is -2.41. The van der Waals surface area contributed by atoms with E-state index < -0.39 is 36.0 Å². The number of benzene rings is 1. The Balaban J connectivity index is 1.71. The molecule has 2 heterocycles. The minimum Gasteiger partial charge on any atom is -0.360 e. The van der Waals surface area contributed by atoms with Crippen LogP contribution in [0, 0.1) is 11.6 Å². The molecule has 1 aliphatic heterocycles. The largest absolute Gasteiger partial charge is 0.360 e. The van der Waals surface area contributed by atoms with Crippen molar-refractivity contribution in [3.63, 3.8) is 0 Å². The van der Waals surface area contributed by atoms with E-state index in [0.717, 1.165) is 19.1 Å². The maximum Gasteiger partial charge on any atom is 0.322 e. The fourth-order valence-electron chi connectivity index (χ4n) is 2.68. The van der Waals surface area contributed by atoms with Gasteiger partial charge in [0.25, 0.3) is 12.3 Å². The first-order chi connectivity index (χ1) is 13.3. The van der Waals surface area contributed by atoms with Gasteiger partial charge >= 0.3 is 6.03 Å². The molecular weight excluding hydrogens is 384 g/mol. The number of nitrogens with one attached hydrogen (secondary N) is 2. The van der Waals surface area contributed by atoms with Gasteiger partial charge in [-0.3, -0.25) is 4.79 Å². The summed E-state index contributed by atoms with van der Waals surface area (Å²) in [6.45, 7) is 1.32. The average Bonchev–Trinajstić information content (AvgIpc) is 3.07. The van der Waals surface area contributed by atoms with Gasteiger partial charge in [-0.05, 0) is 19.1 Å². The fourth-order valence-corrected chi connectivity index (χ4v) is 2.68. The first kappa shape index (κ1) is 19.6. The van der Waals surface area contributed by atoms with Gasteiger partial charge in [0.1, 0.15) is 5.76 Å². The van der Waals surface area contributed by atoms with Crippen molar-refractivity contribution < 1.29 is 31.7 Å². The summed E-state index contributed by atoms with van der Waals surface area (Å²) in [6.07, 6.45) is -2.49. The molecule has 0 radical (unpaired) electrons. The van der Waals surface area contributed by atoms with Crippen molar-refractivity contribution in [1.29, 1.82) is 0 Å². The molecule has 2 N–H and O–H groups in total. The molecule has 0 fully saturated rings. The molecule has 0 bridgehead atoms. The number of carbonyl (C=O) groups is 2. The van der Waals surface area contributed by atoms with Gasteiger partial charge in [0.15, 0.2) is 17.3 Å². The highest BCUT2D eigenvalue weighted by atomic mass is 19.3. The van der Waals surface area contributed by atoms with Crippen molar-refractivity contribution in [2.75, 3.05) is 11.9 Å². The topological polar surface area (TPSA) is 87.5 Å². The minimum absolute atomic E-state index is 0.0554. The third-order valence-electron chi connectivity index (χ3n) is 4.24. The van der Waals surface area contributed by atoms with E-state index >= 15 is 0 Å². The number of halogens is 4. The molecule has 11 heteroatoms. The maximum absolute atomic E-state index is 13.3. The number of alkyl halides is 2. The van der Waals surface area contributed by atoms with Crippen molar-refractivity contribution in [3.05, 3.63) is 46.9 Å². The number of fused-ring (bicyclic) bond motifs is 1. The highest BCUT2D eigenvalue weighted by molar-refractivity contribution is 5.94. The third-order valence-corrected chi connectivity index (χ3v) is 4.24. The van der Waals surface area contributed by atoms with E-state index in [4.69, 9.17) is 4.52 Å². The zero-order valence-corrected chi connectivity index (χ0v) is 14.6. The second kappa shape index (κ2) is 7.87. The molecule has 0 aliphatic carbocycles. The van der Waals surface area contributed by atoms with E-state index in [2.05, 4.69) is 15.8 Å². The number of rotatable bonds is 4. The van der Waals surface area contributed by atoms with Gasteiger partial charge in [-0.2, -0.15) is 0 Å². The van der Waals surface area contributed by atoms with Crippen LogP contribution in [0.4, 0.5) is 28.0 Å². The predicted molar refractivity (Wildman–Crippen MR) is 88.9 cm³/mol. The van der Waals surface area contributed by atoms with E-state index in [1.807, 2.05) is 0 Å². The van der Waals surface area contributed by atoms with E-state index in [1.54, 1.807) is 0 Å². The van der Waals surface area contributed by atoms with Crippen LogP contribution in [0.25, 0.3) is 0 Å². The van der Waals surface area contributed by atoms with Gasteiger partial charge in [-0.1, -0.05) is 5.16 Å². The van der Waals surface area contributed by atoms with E-state index in [9.17, 15) is 27.2 Å². The zero-order chi connectivity index (χ0) is 20.4. The lowest BCUT2D eigenvalue weighted by Gasteiger charge is -2.26. The first-order valence-corrected chi connectivity index (χ1v) is 8.33. The molecule has 3 rings (SSSR count). The Labute approximate surface area is 156 Å². The van der Waals surface area contributed by atoms with Gasteiger partial charge in [0, 0.05) is 30.3 Å². The molecule has 1 aromatic carbocycles. The quantitative estimate of drug-likeness (QED) is 0.773. The Hall–Kier alpha value is -3.11. The zero-order valence-electron chi connectivity index (χ0n) is 14.6. The number of carbonyl (C=O) groups excluding carboxylic acids is 2. The van der Waals surface area contributed by atoms with Crippen LogP contribution in [0.3, 0.4) is 0 Å². The van der Waals surface area contributed by atoms with Crippen molar-refractivity contribution in [2.24, 2.45) is 0 Å². The van der Waals surface area contributed by atoms with Crippen LogP contribution < -0.4 is 10.6 Å². The number of aromatic nitrogens is 1. The smallest absolute Gasteiger partial charge is 0.322 e. The van der Waals surface area contributed by atoms with Crippen molar-refractivity contribution in [3.8, 4) is 0 Å². The monoisotopic (exact) mass is 400 g/mol. The van der Waals surface area contributed by atoms with Gasteiger partial charge in [-0.15, -0.1) is 0 Å². The number of nitrogens with zero attached hydrogens (tertiary/aromatic N) is 2. The lowest BCUT2D eigenvalue weighted by molar-refractivity contribution is 0.0771. The highest BCUT2D eigenvalue weighted by Crippen LogP contribution is 2.24. The Morgan fingerprint density at radius 2 is 2.00 bits per heavy atom. The van der Waals surface area contributed by atoms with Gasteiger partial charge < -0.3 is 20.1 Å². The van der Waals surface area contributed by atoms with Crippen LogP contribution >= 0.6 is 0 Å². The summed E-state index contributed by atoms with van der Waals surface area (Å²) in [5.74, 6) is -2.60. The van der Waals surface area contributed by atoms with Gasteiger partial charge in [0.05, 0.1) is 12.6 Å². The SMILES string of the molecule is C[C@@H](NC(=O)c1noc2c1CN(C(=O)Nc1ccc(F)c(F)c1)CC2)C(F)F. The summed E-state index contributed by atoms with van der Waals surface area (Å²) in [6, 6.07) is 0.940. The van der Waals surface area contributed by atoms with Crippen molar-refractivity contribution in [1.82, 2.24) is 15.4 Å². The number of urea groups is 1. The van der Waals surface area contributed by atoms with E-state index in [-0.39, 0.29) is 30.9 Å². The second-order valence-electron chi connectivity index (χ2n) is 6.26. The summed E-state index contributed by atoms with van der Waals surface area (Å²) >= 11 is 0. The first-order valence-electron chi connectivity index (χ1n) is 8.33. The van der Waals surface area contributed by atoms with Crippen LogP contribution in [0.15, 0.2) is 22.7 Å². The van der Waals surface area contributed by atoms with Crippen molar-refractivity contribution in [2.45, 2.75) is 32.4 Å². The number of hydrogen-bond donors (Lipinski definition) is 2. The number of hydrogen-bond acceptors (Lipinski definition) is 4. The number of amides is 3. The molecule has 1 aliphatic rings. The summed E-state index contributed by atoms with van der Waals surface area (Å²) in [4.78, 5) is 25.9. The Morgan fingerprint density at radius 1 is 1.25 bits per heavy atom. The van der Waals surface area contributed by atoms with Crippen LogP contribution in [-0.4, -0.2) is 41.0 Å².